The SMILES string of the molecule is CCN(C(=O)C(CC(C)C)N1C(=O)c2cc(Oc3cccc(C(F)(F)F)c3)c3c4c(Oc5cccc(C(F)(F)F)c5)cc5c6c(cc(Oc7cccc(C(F)(F)F)c7)c(c7c(Oc8cccc(C(F)(F)F)c8)cc(c2c37)C1=O)c64)C(=O)N(C(CC(C)C)C(=O)N(CC)C1CCCC(C[Si](OC)(OC)OC)C1)C5=O)C1CCCC(C[Si](OC)(OC)OC)C1. The minimum atomic E-state index is -5.09. The molecule has 6 atom stereocenters. The summed E-state index contributed by atoms with van der Waals surface area (Å²) in [6.45, 7) is 10.4. The normalized spacial score (nSPS) is 18.1. The van der Waals surface area contributed by atoms with E-state index in [-0.39, 0.29) is 37.8 Å². The summed E-state index contributed by atoms with van der Waals surface area (Å²) in [5.74, 6) is -12.9. The van der Waals surface area contributed by atoms with E-state index in [0.717, 1.165) is 72.8 Å². The summed E-state index contributed by atoms with van der Waals surface area (Å²) >= 11 is 0. The van der Waals surface area contributed by atoms with Gasteiger partial charge in [-0.25, -0.2) is 0 Å². The molecule has 13 rings (SSSR count). The third-order valence-corrected chi connectivity index (χ3v) is 29.6. The van der Waals surface area contributed by atoms with E-state index in [4.69, 9.17) is 45.5 Å². The van der Waals surface area contributed by atoms with Crippen LogP contribution in [0.15, 0.2) is 121 Å². The predicted octanol–water partition coefficient (Wildman–Crippen LogP) is 21.6. The number of benzene rings is 9. The number of imide groups is 2. The van der Waals surface area contributed by atoms with E-state index in [1.165, 1.54) is 42.7 Å². The van der Waals surface area contributed by atoms with Gasteiger partial charge in [0.2, 0.25) is 11.8 Å². The van der Waals surface area contributed by atoms with Gasteiger partial charge in [0.1, 0.15) is 58.1 Å². The summed E-state index contributed by atoms with van der Waals surface area (Å²) in [6, 6.07) is 13.7. The zero-order valence-electron chi connectivity index (χ0n) is 68.9. The molecule has 9 aromatic carbocycles. The lowest BCUT2D eigenvalue weighted by Crippen LogP contribution is -2.57. The predicted molar refractivity (Wildman–Crippen MR) is 431 cm³/mol. The highest BCUT2D eigenvalue weighted by molar-refractivity contribution is 6.61. The fraction of sp³-hybridized carbons (Fsp3) is 0.432. The Morgan fingerprint density at radius 2 is 0.639 bits per heavy atom. The molecule has 0 bridgehead atoms. The van der Waals surface area contributed by atoms with Crippen molar-refractivity contribution in [1.82, 2.24) is 19.6 Å². The van der Waals surface area contributed by atoms with Crippen LogP contribution in [-0.2, 0) is 60.9 Å². The molecule has 0 radical (unpaired) electrons. The summed E-state index contributed by atoms with van der Waals surface area (Å²) < 4.78 is 244. The maximum absolute atomic E-state index is 16.7. The van der Waals surface area contributed by atoms with Crippen molar-refractivity contribution in [2.75, 3.05) is 55.7 Å². The molecule has 0 spiro atoms. The lowest BCUT2D eigenvalue weighted by molar-refractivity contribution is -0.139. The van der Waals surface area contributed by atoms with Crippen molar-refractivity contribution in [3.8, 4) is 46.0 Å². The van der Waals surface area contributed by atoms with Crippen LogP contribution in [0, 0.1) is 23.7 Å². The van der Waals surface area contributed by atoms with Gasteiger partial charge in [-0.15, -0.1) is 0 Å². The molecule has 4 aliphatic rings. The van der Waals surface area contributed by atoms with Crippen molar-refractivity contribution < 1.29 is 127 Å². The van der Waals surface area contributed by atoms with Crippen LogP contribution in [0.5, 0.6) is 46.0 Å². The molecule has 20 nitrogen and oxygen atoms in total. The topological polar surface area (TPSA) is 208 Å². The van der Waals surface area contributed by atoms with Crippen LogP contribution < -0.4 is 18.9 Å². The third-order valence-electron chi connectivity index (χ3n) is 23.7. The Morgan fingerprint density at radius 1 is 0.385 bits per heavy atom. The molecule has 2 aliphatic carbocycles. The van der Waals surface area contributed by atoms with Crippen molar-refractivity contribution in [3.05, 3.63) is 166 Å². The minimum Gasteiger partial charge on any atom is -0.457 e. The Kier molecular flexibility index (Phi) is 25.8. The number of halogens is 12. The van der Waals surface area contributed by atoms with Crippen LogP contribution in [0.4, 0.5) is 52.7 Å². The third kappa shape index (κ3) is 17.4. The first-order chi connectivity index (χ1) is 57.7. The van der Waals surface area contributed by atoms with Gasteiger partial charge in [-0.2, -0.15) is 52.7 Å². The Hall–Kier alpha value is -9.95. The number of fused-ring (bicyclic) bond motifs is 2. The Morgan fingerprint density at radius 3 is 0.861 bits per heavy atom. The molecule has 34 heteroatoms. The van der Waals surface area contributed by atoms with Gasteiger partial charge in [-0.3, -0.25) is 38.6 Å². The second-order valence-corrected chi connectivity index (χ2v) is 38.1. The van der Waals surface area contributed by atoms with Crippen LogP contribution in [0.25, 0.3) is 43.1 Å². The molecule has 9 aromatic rings. The first-order valence-corrected chi connectivity index (χ1v) is 44.0. The number of hydrogen-bond donors (Lipinski definition) is 0. The minimum absolute atomic E-state index is 0.0308. The molecule has 2 fully saturated rings. The quantitative estimate of drug-likeness (QED) is 0.0135. The van der Waals surface area contributed by atoms with Gasteiger partial charge in [0, 0.05) is 123 Å². The molecule has 6 amide bonds. The molecule has 122 heavy (non-hydrogen) atoms. The first-order valence-electron chi connectivity index (χ1n) is 40.1. The first kappa shape index (κ1) is 89.8. The van der Waals surface area contributed by atoms with Gasteiger partial charge in [-0.1, -0.05) is 77.6 Å². The van der Waals surface area contributed by atoms with Crippen molar-refractivity contribution in [2.45, 2.75) is 167 Å². The van der Waals surface area contributed by atoms with Crippen molar-refractivity contribution in [2.24, 2.45) is 23.7 Å². The molecule has 6 unspecified atom stereocenters. The van der Waals surface area contributed by atoms with E-state index >= 15 is 81.5 Å². The van der Waals surface area contributed by atoms with Gasteiger partial charge in [0.05, 0.1) is 44.5 Å². The highest BCUT2D eigenvalue weighted by Gasteiger charge is 2.52. The van der Waals surface area contributed by atoms with E-state index in [9.17, 15) is 0 Å². The second-order valence-electron chi connectivity index (χ2n) is 32.1. The largest absolute Gasteiger partial charge is 0.500 e. The number of nitrogens with zero attached hydrogens (tertiary/aromatic N) is 4. The Labute approximate surface area is 697 Å². The van der Waals surface area contributed by atoms with Crippen LogP contribution in [-0.4, -0.2) is 153 Å². The zero-order valence-corrected chi connectivity index (χ0v) is 70.9. The van der Waals surface area contributed by atoms with Crippen LogP contribution in [0.2, 0.25) is 12.1 Å². The van der Waals surface area contributed by atoms with Crippen LogP contribution in [0.3, 0.4) is 0 Å². The van der Waals surface area contributed by atoms with Crippen molar-refractivity contribution in [1.29, 1.82) is 0 Å². The zero-order chi connectivity index (χ0) is 88.4. The molecular formula is C88H92F12N4O16Si2. The van der Waals surface area contributed by atoms with E-state index in [1.807, 2.05) is 0 Å². The highest BCUT2D eigenvalue weighted by Crippen LogP contribution is 2.59. The van der Waals surface area contributed by atoms with Gasteiger partial charge < -0.3 is 55.3 Å². The number of amides is 6. The highest BCUT2D eigenvalue weighted by atomic mass is 28.4. The summed E-state index contributed by atoms with van der Waals surface area (Å²) in [6.07, 6.45) is -16.5. The van der Waals surface area contributed by atoms with Gasteiger partial charge in [0.25, 0.3) is 23.6 Å². The van der Waals surface area contributed by atoms with Crippen molar-refractivity contribution in [3.63, 3.8) is 0 Å². The molecule has 2 aliphatic heterocycles. The molecule has 0 aromatic heterocycles. The Balaban J connectivity index is 1.16. The number of ether oxygens (including phenoxy) is 4. The molecule has 2 saturated carbocycles. The molecule has 652 valence electrons. The summed E-state index contributed by atoms with van der Waals surface area (Å²) in [7, 11) is 2.36. The second kappa shape index (κ2) is 35.0. The number of hydrogen-bond acceptors (Lipinski definition) is 16. The molecule has 0 saturated heterocycles. The fourth-order valence-corrected chi connectivity index (χ4v) is 22.3. The maximum Gasteiger partial charge on any atom is 0.500 e. The van der Waals surface area contributed by atoms with E-state index in [2.05, 4.69) is 0 Å². The van der Waals surface area contributed by atoms with Gasteiger partial charge in [-0.05, 0) is 173 Å². The molecule has 0 N–H and O–H groups in total. The number of alkyl halides is 12. The average molecular weight is 1750 g/mol. The maximum atomic E-state index is 16.7. The number of rotatable bonds is 30. The number of carbonyl (C=O) groups is 6. The summed E-state index contributed by atoms with van der Waals surface area (Å²) in [4.78, 5) is 104. The van der Waals surface area contributed by atoms with Crippen LogP contribution >= 0.6 is 0 Å². The van der Waals surface area contributed by atoms with Crippen molar-refractivity contribution >= 4 is 96.1 Å². The van der Waals surface area contributed by atoms with E-state index in [0.29, 0.717) is 122 Å². The lowest BCUT2D eigenvalue weighted by atomic mass is 9.80. The van der Waals surface area contributed by atoms with E-state index < -0.39 is 247 Å². The molecule has 2 heterocycles. The number of likely N-dealkylation sites (N-methyl/N-ethyl adjacent to an activating group) is 2. The number of carbonyl (C=O) groups excluding carboxylic acids is 6. The van der Waals surface area contributed by atoms with Gasteiger partial charge >= 0.3 is 42.3 Å². The van der Waals surface area contributed by atoms with Crippen LogP contribution in [0.1, 0.15) is 169 Å². The monoisotopic (exact) mass is 1740 g/mol. The summed E-state index contributed by atoms with van der Waals surface area (Å²) in [5, 5.41) is -3.75. The summed E-state index contributed by atoms with van der Waals surface area (Å²) in [5.41, 5.74) is -7.39. The molecular weight excluding hydrogens is 1650 g/mol. The average Bonchev–Trinajstić information content (AvgIpc) is 0.669. The fourth-order valence-electron chi connectivity index (χ4n) is 18.2. The smallest absolute Gasteiger partial charge is 0.457 e. The van der Waals surface area contributed by atoms with Gasteiger partial charge in [0.15, 0.2) is 0 Å². The standard InChI is InChI=1S/C88H92F12N4O16Si2/c1-13-101(55-27-15-21-49(35-55)45-121(111-7,112-8)113-9)83(109)65(33-47(3)4)103-79(105)61-41-67(117-57-29-17-23-51(37-57)85(89,90)91)73-75-69(119-59-31-19-25-53(39-59)87(95,96)97)43-63-72-64(82(108)104(81(63)107)66(34-48(5)6)84(110)102(14-2)56-28-16-22-50(36-56)46-122(114-10,115-11)116-12)44-70(120-60-32-20-26-54(40-60)88(98,99)100)76(78(72)75)74-68(42-62(80(103)106)71(61)77(73)74)118-58-30-18-24-52(38-58)86(92,93)94/h17-20,23-26,29-32,37-44,47-50,55-56,65-66H,13-16,21-22,27-28,33-36,45-46H2,1-12H3. The Bertz CT molecular complexity index is 4910. The van der Waals surface area contributed by atoms with E-state index in [1.54, 1.807) is 51.3 Å². The lowest BCUT2D eigenvalue weighted by Gasteiger charge is -2.42.